The van der Waals surface area contributed by atoms with Gasteiger partial charge >= 0.3 is 0 Å². The Hall–Kier alpha value is -0.530. The molecule has 0 saturated heterocycles. The maximum Gasteiger partial charge on any atom is 0.223 e. The molecule has 0 rings (SSSR count). The van der Waals surface area contributed by atoms with Gasteiger partial charge in [0.05, 0.1) is 0 Å². The average molecular weight is 156 g/mol. The van der Waals surface area contributed by atoms with Crippen LogP contribution < -0.4 is 0 Å². The molecule has 0 aliphatic carbocycles. The predicted octanol–water partition coefficient (Wildman–Crippen LogP) is 1.86. The average Bonchev–Trinajstić information content (AvgIpc) is 1.85. The van der Waals surface area contributed by atoms with Crippen LogP contribution in [0.3, 0.4) is 0 Å². The zero-order chi connectivity index (χ0) is 9.02. The third-order valence-electron chi connectivity index (χ3n) is 1.61. The number of carbonyl (C=O) groups excluding carboxylic acids is 1. The molecule has 0 aliphatic heterocycles. The second-order valence-corrected chi connectivity index (χ2v) is 3.24. The number of carbonyl (C=O) groups is 1. The summed E-state index contributed by atoms with van der Waals surface area (Å²) in [4.78, 5) is 13.1. The molecule has 0 aliphatic rings. The number of nitrogens with zero attached hydrogens (tertiary/aromatic N) is 1. The predicted molar refractivity (Wildman–Crippen MR) is 47.1 cm³/mol. The molecule has 0 saturated carbocycles. The van der Waals surface area contributed by atoms with Crippen LogP contribution in [0.5, 0.6) is 0 Å². The first-order chi connectivity index (χ1) is 5.00. The lowest BCUT2D eigenvalue weighted by molar-refractivity contribution is -0.133. The number of hydrogen-bond donors (Lipinski definition) is 0. The fourth-order valence-corrected chi connectivity index (χ4v) is 1.30. The highest BCUT2D eigenvalue weighted by Crippen LogP contribution is 2.06. The normalized spacial score (nSPS) is 10.8. The van der Waals surface area contributed by atoms with Crippen molar-refractivity contribution in [2.24, 2.45) is 0 Å². The minimum Gasteiger partial charge on any atom is -0.338 e. The van der Waals surface area contributed by atoms with E-state index >= 15 is 0 Å². The van der Waals surface area contributed by atoms with Gasteiger partial charge in [-0.25, -0.2) is 0 Å². The van der Waals surface area contributed by atoms with Crippen molar-refractivity contribution in [2.75, 3.05) is 0 Å². The quantitative estimate of drug-likeness (QED) is 0.610. The highest BCUT2D eigenvalue weighted by molar-refractivity contribution is 5.77. The van der Waals surface area contributed by atoms with Crippen molar-refractivity contribution in [3.8, 4) is 0 Å². The fraction of sp³-hybridized carbons (Fsp3) is 0.778. The van der Waals surface area contributed by atoms with E-state index < -0.39 is 0 Å². The van der Waals surface area contributed by atoms with Crippen molar-refractivity contribution in [1.29, 1.82) is 0 Å². The zero-order valence-electron chi connectivity index (χ0n) is 7.92. The minimum atomic E-state index is 0.134. The zero-order valence-corrected chi connectivity index (χ0v) is 7.92. The standard InChI is InChI=1S/C9H18NO/c1-6-9(11)10(7(2)3)8(4)5/h7-8H,1,6H2,2-5H3. The molecule has 0 aromatic heterocycles. The molecular weight excluding hydrogens is 138 g/mol. The molecule has 0 unspecified atom stereocenters. The highest BCUT2D eigenvalue weighted by Gasteiger charge is 2.17. The number of rotatable bonds is 3. The Morgan fingerprint density at radius 1 is 1.27 bits per heavy atom. The second-order valence-electron chi connectivity index (χ2n) is 3.24. The summed E-state index contributed by atoms with van der Waals surface area (Å²) in [5.74, 6) is 0.134. The van der Waals surface area contributed by atoms with Crippen molar-refractivity contribution in [1.82, 2.24) is 4.90 Å². The van der Waals surface area contributed by atoms with Crippen molar-refractivity contribution in [3.05, 3.63) is 6.92 Å². The molecule has 0 bridgehead atoms. The topological polar surface area (TPSA) is 20.3 Å². The Morgan fingerprint density at radius 3 is 1.73 bits per heavy atom. The van der Waals surface area contributed by atoms with Crippen molar-refractivity contribution < 1.29 is 4.79 Å². The summed E-state index contributed by atoms with van der Waals surface area (Å²) in [6, 6.07) is 0.563. The van der Waals surface area contributed by atoms with Gasteiger partial charge in [0, 0.05) is 18.5 Å². The summed E-state index contributed by atoms with van der Waals surface area (Å²) in [6.45, 7) is 11.7. The molecule has 1 radical (unpaired) electrons. The summed E-state index contributed by atoms with van der Waals surface area (Å²) >= 11 is 0. The van der Waals surface area contributed by atoms with Gasteiger partial charge < -0.3 is 4.90 Å². The first kappa shape index (κ1) is 10.5. The highest BCUT2D eigenvalue weighted by atomic mass is 16.2. The van der Waals surface area contributed by atoms with E-state index in [-0.39, 0.29) is 18.0 Å². The van der Waals surface area contributed by atoms with Gasteiger partial charge in [0.2, 0.25) is 5.91 Å². The molecule has 0 atom stereocenters. The summed E-state index contributed by atoms with van der Waals surface area (Å²) in [7, 11) is 0. The number of amides is 1. The third-order valence-corrected chi connectivity index (χ3v) is 1.61. The van der Waals surface area contributed by atoms with Crippen LogP contribution >= 0.6 is 0 Å². The van der Waals surface area contributed by atoms with Gasteiger partial charge in [-0.3, -0.25) is 4.79 Å². The molecule has 1 amide bonds. The van der Waals surface area contributed by atoms with E-state index in [9.17, 15) is 4.79 Å². The molecular formula is C9H18NO. The Balaban J connectivity index is 4.22. The molecule has 0 N–H and O–H groups in total. The van der Waals surface area contributed by atoms with Gasteiger partial charge in [-0.1, -0.05) is 0 Å². The van der Waals surface area contributed by atoms with Crippen LogP contribution in [0.25, 0.3) is 0 Å². The van der Waals surface area contributed by atoms with Crippen LogP contribution in [0, 0.1) is 6.92 Å². The van der Waals surface area contributed by atoms with Crippen LogP contribution in [0.4, 0.5) is 0 Å². The summed E-state index contributed by atoms with van der Waals surface area (Å²) in [5, 5.41) is 0. The lowest BCUT2D eigenvalue weighted by atomic mass is 10.2. The maximum absolute atomic E-state index is 11.3. The second kappa shape index (κ2) is 4.37. The Labute approximate surface area is 69.6 Å². The van der Waals surface area contributed by atoms with E-state index in [1.807, 2.05) is 32.6 Å². The van der Waals surface area contributed by atoms with Gasteiger partial charge in [0.15, 0.2) is 0 Å². The third kappa shape index (κ3) is 2.91. The lowest BCUT2D eigenvalue weighted by Crippen LogP contribution is -2.41. The molecule has 11 heavy (non-hydrogen) atoms. The lowest BCUT2D eigenvalue weighted by Gasteiger charge is -2.30. The molecule has 0 aromatic carbocycles. The number of hydrogen-bond acceptors (Lipinski definition) is 1. The van der Waals surface area contributed by atoms with Gasteiger partial charge in [0.25, 0.3) is 0 Å². The Morgan fingerprint density at radius 2 is 1.64 bits per heavy atom. The van der Waals surface area contributed by atoms with Crippen LogP contribution in [-0.2, 0) is 4.79 Å². The van der Waals surface area contributed by atoms with E-state index in [2.05, 4.69) is 6.92 Å². The molecule has 65 valence electrons. The van der Waals surface area contributed by atoms with Crippen molar-refractivity contribution >= 4 is 5.91 Å². The summed E-state index contributed by atoms with van der Waals surface area (Å²) < 4.78 is 0. The van der Waals surface area contributed by atoms with E-state index in [4.69, 9.17) is 0 Å². The van der Waals surface area contributed by atoms with Crippen LogP contribution in [-0.4, -0.2) is 22.9 Å². The van der Waals surface area contributed by atoms with Gasteiger partial charge in [-0.05, 0) is 34.6 Å². The van der Waals surface area contributed by atoms with Gasteiger partial charge in [-0.2, -0.15) is 0 Å². The smallest absolute Gasteiger partial charge is 0.223 e. The first-order valence-electron chi connectivity index (χ1n) is 4.11. The van der Waals surface area contributed by atoms with E-state index in [1.165, 1.54) is 0 Å². The Bertz CT molecular complexity index is 122. The first-order valence-corrected chi connectivity index (χ1v) is 4.11. The van der Waals surface area contributed by atoms with E-state index in [0.29, 0.717) is 6.42 Å². The van der Waals surface area contributed by atoms with Crippen LogP contribution in [0.15, 0.2) is 0 Å². The Kier molecular flexibility index (Phi) is 4.16. The fourth-order valence-electron chi connectivity index (χ4n) is 1.30. The molecule has 2 heteroatoms. The summed E-state index contributed by atoms with van der Waals surface area (Å²) in [5.41, 5.74) is 0. The van der Waals surface area contributed by atoms with Crippen molar-refractivity contribution in [2.45, 2.75) is 46.2 Å². The van der Waals surface area contributed by atoms with Gasteiger partial charge in [-0.15, -0.1) is 0 Å². The van der Waals surface area contributed by atoms with Crippen molar-refractivity contribution in [3.63, 3.8) is 0 Å². The summed E-state index contributed by atoms with van der Waals surface area (Å²) in [6.07, 6.45) is 0.357. The van der Waals surface area contributed by atoms with Crippen LogP contribution in [0.1, 0.15) is 34.1 Å². The monoisotopic (exact) mass is 156 g/mol. The maximum atomic E-state index is 11.3. The van der Waals surface area contributed by atoms with E-state index in [1.54, 1.807) is 0 Å². The molecule has 0 fully saturated rings. The molecule has 0 heterocycles. The minimum absolute atomic E-state index is 0.134. The molecule has 0 spiro atoms. The molecule has 2 nitrogen and oxygen atoms in total. The van der Waals surface area contributed by atoms with Crippen LogP contribution in [0.2, 0.25) is 0 Å². The largest absolute Gasteiger partial charge is 0.338 e. The molecule has 0 aromatic rings. The SMILES string of the molecule is [CH2]CC(=O)N(C(C)C)C(C)C. The van der Waals surface area contributed by atoms with E-state index in [0.717, 1.165) is 0 Å². The van der Waals surface area contributed by atoms with Gasteiger partial charge in [0.1, 0.15) is 0 Å².